The Bertz CT molecular complexity index is 428. The van der Waals surface area contributed by atoms with Crippen molar-refractivity contribution in [2.75, 3.05) is 13.1 Å². The molecule has 6 nitrogen and oxygen atoms in total. The smallest absolute Gasteiger partial charge is 0.260 e. The Balaban J connectivity index is 2.28. The lowest BCUT2D eigenvalue weighted by molar-refractivity contribution is 0.257. The second kappa shape index (κ2) is 4.52. The minimum Gasteiger partial charge on any atom is -0.335 e. The number of aromatic amines is 1. The topological polar surface area (TPSA) is 92.1 Å². The van der Waals surface area contributed by atoms with E-state index >= 15 is 0 Å². The van der Waals surface area contributed by atoms with Crippen molar-refractivity contribution in [3.05, 3.63) is 12.5 Å². The van der Waals surface area contributed by atoms with Gasteiger partial charge >= 0.3 is 0 Å². The zero-order valence-corrected chi connectivity index (χ0v) is 9.78. The first kappa shape index (κ1) is 11.6. The van der Waals surface area contributed by atoms with Crippen LogP contribution in [0.1, 0.15) is 19.3 Å². The lowest BCUT2D eigenvalue weighted by Gasteiger charge is -2.33. The first-order chi connectivity index (χ1) is 7.66. The molecular weight excluding hydrogens is 228 g/mol. The Hall–Kier alpha value is -0.920. The maximum absolute atomic E-state index is 12.2. The SMILES string of the molecule is NCC1CCCCN1S(=O)(=O)c1cnc[nH]1. The molecule has 0 radical (unpaired) electrons. The van der Waals surface area contributed by atoms with Gasteiger partial charge in [-0.05, 0) is 12.8 Å². The van der Waals surface area contributed by atoms with Crippen LogP contribution in [0.15, 0.2) is 17.6 Å². The lowest BCUT2D eigenvalue weighted by Crippen LogP contribution is -2.47. The Morgan fingerprint density at radius 1 is 1.56 bits per heavy atom. The molecule has 1 fully saturated rings. The number of nitrogens with two attached hydrogens (primary N) is 1. The van der Waals surface area contributed by atoms with Gasteiger partial charge in [0.15, 0.2) is 5.03 Å². The number of aromatic nitrogens is 2. The van der Waals surface area contributed by atoms with Gasteiger partial charge in [0.1, 0.15) is 0 Å². The maximum atomic E-state index is 12.2. The first-order valence-electron chi connectivity index (χ1n) is 5.36. The molecule has 7 heteroatoms. The molecule has 0 saturated carbocycles. The Kier molecular flexibility index (Phi) is 3.27. The van der Waals surface area contributed by atoms with Crippen molar-refractivity contribution in [3.8, 4) is 0 Å². The lowest BCUT2D eigenvalue weighted by atomic mass is 10.1. The summed E-state index contributed by atoms with van der Waals surface area (Å²) in [5.74, 6) is 0. The molecule has 1 atom stereocenters. The van der Waals surface area contributed by atoms with Gasteiger partial charge in [0, 0.05) is 19.1 Å². The summed E-state index contributed by atoms with van der Waals surface area (Å²) in [5.41, 5.74) is 5.61. The fraction of sp³-hybridized carbons (Fsp3) is 0.667. The molecule has 1 aromatic rings. The molecule has 0 spiro atoms. The molecule has 3 N–H and O–H groups in total. The van der Waals surface area contributed by atoms with Gasteiger partial charge < -0.3 is 10.7 Å². The van der Waals surface area contributed by atoms with Gasteiger partial charge in [-0.3, -0.25) is 0 Å². The second-order valence-electron chi connectivity index (χ2n) is 3.92. The molecule has 0 amide bonds. The zero-order chi connectivity index (χ0) is 11.6. The minimum atomic E-state index is -3.44. The highest BCUT2D eigenvalue weighted by molar-refractivity contribution is 7.89. The highest BCUT2D eigenvalue weighted by Crippen LogP contribution is 2.23. The quantitative estimate of drug-likeness (QED) is 0.777. The summed E-state index contributed by atoms with van der Waals surface area (Å²) >= 11 is 0. The van der Waals surface area contributed by atoms with Gasteiger partial charge in [0.05, 0.1) is 12.5 Å². The van der Waals surface area contributed by atoms with E-state index in [9.17, 15) is 8.42 Å². The molecule has 0 bridgehead atoms. The Labute approximate surface area is 94.9 Å². The molecule has 1 aromatic heterocycles. The van der Waals surface area contributed by atoms with Crippen LogP contribution in [0.5, 0.6) is 0 Å². The molecular formula is C9H16N4O2S. The van der Waals surface area contributed by atoms with Gasteiger partial charge in [-0.1, -0.05) is 6.42 Å². The van der Waals surface area contributed by atoms with E-state index < -0.39 is 10.0 Å². The van der Waals surface area contributed by atoms with E-state index in [1.54, 1.807) is 0 Å². The zero-order valence-electron chi connectivity index (χ0n) is 8.96. The third-order valence-corrected chi connectivity index (χ3v) is 4.78. The van der Waals surface area contributed by atoms with E-state index in [-0.39, 0.29) is 11.1 Å². The van der Waals surface area contributed by atoms with Crippen LogP contribution in [0.3, 0.4) is 0 Å². The highest BCUT2D eigenvalue weighted by atomic mass is 32.2. The molecule has 90 valence electrons. The van der Waals surface area contributed by atoms with Crippen molar-refractivity contribution in [3.63, 3.8) is 0 Å². The summed E-state index contributed by atoms with van der Waals surface area (Å²) in [6, 6.07) is -0.0814. The summed E-state index contributed by atoms with van der Waals surface area (Å²) in [5, 5.41) is 0.146. The van der Waals surface area contributed by atoms with Crippen molar-refractivity contribution in [2.24, 2.45) is 5.73 Å². The van der Waals surface area contributed by atoms with Crippen molar-refractivity contribution in [1.82, 2.24) is 14.3 Å². The van der Waals surface area contributed by atoms with E-state index in [1.165, 1.54) is 16.8 Å². The van der Waals surface area contributed by atoms with Crippen LogP contribution in [0, 0.1) is 0 Å². The van der Waals surface area contributed by atoms with Crippen molar-refractivity contribution < 1.29 is 8.42 Å². The molecule has 0 aromatic carbocycles. The number of imidazole rings is 1. The van der Waals surface area contributed by atoms with Gasteiger partial charge in [0.25, 0.3) is 10.0 Å². The molecule has 2 heterocycles. The fourth-order valence-electron chi connectivity index (χ4n) is 2.04. The standard InChI is InChI=1S/C9H16N4O2S/c10-5-8-3-1-2-4-13(8)16(14,15)9-6-11-7-12-9/h6-8H,1-5,10H2,(H,11,12). The normalized spacial score (nSPS) is 23.4. The van der Waals surface area contributed by atoms with Crippen LogP contribution in [0.25, 0.3) is 0 Å². The molecule has 16 heavy (non-hydrogen) atoms. The predicted octanol–water partition coefficient (Wildman–Crippen LogP) is -0.0884. The third kappa shape index (κ3) is 1.98. The average molecular weight is 244 g/mol. The first-order valence-corrected chi connectivity index (χ1v) is 6.80. The third-order valence-electron chi connectivity index (χ3n) is 2.90. The molecule has 1 saturated heterocycles. The van der Waals surface area contributed by atoms with Gasteiger partial charge in [-0.15, -0.1) is 0 Å². The van der Waals surface area contributed by atoms with Gasteiger partial charge in [-0.25, -0.2) is 13.4 Å². The van der Waals surface area contributed by atoms with Crippen LogP contribution in [-0.2, 0) is 10.0 Å². The van der Waals surface area contributed by atoms with E-state index in [1.807, 2.05) is 0 Å². The number of hydrogen-bond donors (Lipinski definition) is 2. The number of H-pyrrole nitrogens is 1. The molecule has 2 rings (SSSR count). The van der Waals surface area contributed by atoms with Crippen molar-refractivity contribution >= 4 is 10.0 Å². The monoisotopic (exact) mass is 244 g/mol. The largest absolute Gasteiger partial charge is 0.335 e. The average Bonchev–Trinajstić information content (AvgIpc) is 2.83. The van der Waals surface area contributed by atoms with Crippen LogP contribution in [0.4, 0.5) is 0 Å². The maximum Gasteiger partial charge on any atom is 0.260 e. The molecule has 1 aliphatic heterocycles. The summed E-state index contributed by atoms with van der Waals surface area (Å²) in [4.78, 5) is 6.38. The summed E-state index contributed by atoms with van der Waals surface area (Å²) in [7, 11) is -3.44. The van der Waals surface area contributed by atoms with E-state index in [2.05, 4.69) is 9.97 Å². The highest BCUT2D eigenvalue weighted by Gasteiger charge is 2.33. The van der Waals surface area contributed by atoms with E-state index in [0.29, 0.717) is 13.1 Å². The number of rotatable bonds is 3. The molecule has 1 aliphatic rings. The molecule has 0 aliphatic carbocycles. The Morgan fingerprint density at radius 3 is 3.00 bits per heavy atom. The van der Waals surface area contributed by atoms with Crippen LogP contribution in [0.2, 0.25) is 0 Å². The predicted molar refractivity (Wildman–Crippen MR) is 59.2 cm³/mol. The summed E-state index contributed by atoms with van der Waals surface area (Å²) < 4.78 is 25.9. The molecule has 1 unspecified atom stereocenters. The van der Waals surface area contributed by atoms with Crippen molar-refractivity contribution in [2.45, 2.75) is 30.3 Å². The summed E-state index contributed by atoms with van der Waals surface area (Å²) in [6.07, 6.45) is 5.47. The number of nitrogens with zero attached hydrogens (tertiary/aromatic N) is 2. The van der Waals surface area contributed by atoms with Crippen LogP contribution < -0.4 is 5.73 Å². The number of hydrogen-bond acceptors (Lipinski definition) is 4. The number of nitrogens with one attached hydrogen (secondary N) is 1. The minimum absolute atomic E-state index is 0.0814. The van der Waals surface area contributed by atoms with E-state index in [4.69, 9.17) is 5.73 Å². The fourth-order valence-corrected chi connectivity index (χ4v) is 3.64. The second-order valence-corrected chi connectivity index (χ2v) is 5.78. The van der Waals surface area contributed by atoms with Crippen LogP contribution >= 0.6 is 0 Å². The number of sulfonamides is 1. The Morgan fingerprint density at radius 2 is 2.38 bits per heavy atom. The van der Waals surface area contributed by atoms with Gasteiger partial charge in [0.2, 0.25) is 0 Å². The number of piperidine rings is 1. The van der Waals surface area contributed by atoms with Crippen LogP contribution in [-0.4, -0.2) is 41.8 Å². The van der Waals surface area contributed by atoms with Crippen molar-refractivity contribution in [1.29, 1.82) is 0 Å². The van der Waals surface area contributed by atoms with E-state index in [0.717, 1.165) is 19.3 Å². The van der Waals surface area contributed by atoms with Gasteiger partial charge in [-0.2, -0.15) is 4.31 Å². The summed E-state index contributed by atoms with van der Waals surface area (Å²) in [6.45, 7) is 0.913.